The molecule has 0 fully saturated rings. The topological polar surface area (TPSA) is 46.5 Å². The highest BCUT2D eigenvalue weighted by Crippen LogP contribution is 2.24. The van der Waals surface area contributed by atoms with Crippen LogP contribution in [0, 0.1) is 0 Å². The first kappa shape index (κ1) is 10.9. The van der Waals surface area contributed by atoms with E-state index in [1.54, 1.807) is 12.1 Å². The molecule has 4 heteroatoms. The molecule has 0 aliphatic heterocycles. The van der Waals surface area contributed by atoms with Crippen LogP contribution in [0.15, 0.2) is 24.3 Å². The molecule has 0 aromatic heterocycles. The largest absolute Gasteiger partial charge is 0.770 e. The third-order valence-corrected chi connectivity index (χ3v) is 2.34. The molecule has 1 rings (SSSR count). The lowest BCUT2D eigenvalue weighted by Gasteiger charge is -2.18. The molecule has 1 aromatic carbocycles. The lowest BCUT2D eigenvalue weighted by molar-refractivity contribution is 0.338. The van der Waals surface area contributed by atoms with Gasteiger partial charge in [-0.05, 0) is 23.1 Å². The second-order valence-electron chi connectivity index (χ2n) is 4.14. The van der Waals surface area contributed by atoms with Gasteiger partial charge in [0.2, 0.25) is 0 Å². The molecule has 0 amide bonds. The van der Waals surface area contributed by atoms with Crippen LogP contribution >= 0.6 is 0 Å². The predicted molar refractivity (Wildman–Crippen MR) is 54.4 cm³/mol. The van der Waals surface area contributed by atoms with E-state index in [1.807, 2.05) is 12.1 Å². The SMILES string of the molecule is CC(C)(C)c1ccc(O[Si](=O)O)cc1. The van der Waals surface area contributed by atoms with Crippen LogP contribution in [0.2, 0.25) is 0 Å². The zero-order valence-electron chi connectivity index (χ0n) is 8.57. The van der Waals surface area contributed by atoms with Crippen LogP contribution < -0.4 is 4.43 Å². The minimum atomic E-state index is -2.88. The highest BCUT2D eigenvalue weighted by atomic mass is 28.3. The molecule has 0 heterocycles. The van der Waals surface area contributed by atoms with Gasteiger partial charge in [-0.1, -0.05) is 32.9 Å². The third kappa shape index (κ3) is 2.96. The summed E-state index contributed by atoms with van der Waals surface area (Å²) in [4.78, 5) is 8.56. The molecule has 0 aliphatic rings. The fourth-order valence-corrected chi connectivity index (χ4v) is 1.46. The smallest absolute Gasteiger partial charge is 0.511 e. The van der Waals surface area contributed by atoms with Crippen LogP contribution in [0.3, 0.4) is 0 Å². The Morgan fingerprint density at radius 2 is 1.71 bits per heavy atom. The molecule has 0 radical (unpaired) electrons. The Morgan fingerprint density at radius 1 is 1.21 bits per heavy atom. The molecule has 76 valence electrons. The summed E-state index contributed by atoms with van der Waals surface area (Å²) in [7, 11) is -2.88. The van der Waals surface area contributed by atoms with Gasteiger partial charge < -0.3 is 9.22 Å². The van der Waals surface area contributed by atoms with E-state index in [0.29, 0.717) is 5.75 Å². The average Bonchev–Trinajstić information content (AvgIpc) is 2.02. The van der Waals surface area contributed by atoms with Gasteiger partial charge in [0.15, 0.2) is 0 Å². The van der Waals surface area contributed by atoms with E-state index in [1.165, 1.54) is 5.56 Å². The van der Waals surface area contributed by atoms with Crippen molar-refractivity contribution in [2.75, 3.05) is 0 Å². The standard InChI is InChI=1S/C10H14O3Si/c1-10(2,3)8-4-6-9(7-5-8)13-14(11)12/h4-7,11H,1-3H3. The van der Waals surface area contributed by atoms with Crippen molar-refractivity contribution in [3.05, 3.63) is 29.8 Å². The molecular weight excluding hydrogens is 196 g/mol. The van der Waals surface area contributed by atoms with Crippen LogP contribution in [-0.2, 0) is 9.88 Å². The molecule has 14 heavy (non-hydrogen) atoms. The van der Waals surface area contributed by atoms with Gasteiger partial charge in [0.1, 0.15) is 5.75 Å². The van der Waals surface area contributed by atoms with Crippen LogP contribution in [0.5, 0.6) is 5.75 Å². The molecule has 0 saturated carbocycles. The van der Waals surface area contributed by atoms with Crippen molar-refractivity contribution in [1.29, 1.82) is 0 Å². The minimum absolute atomic E-state index is 0.0863. The van der Waals surface area contributed by atoms with E-state index in [9.17, 15) is 4.46 Å². The Labute approximate surface area is 85.3 Å². The fourth-order valence-electron chi connectivity index (χ4n) is 1.12. The first-order valence-corrected chi connectivity index (χ1v) is 5.67. The van der Waals surface area contributed by atoms with E-state index in [4.69, 9.17) is 4.80 Å². The normalized spacial score (nSPS) is 11.1. The van der Waals surface area contributed by atoms with E-state index >= 15 is 0 Å². The first-order valence-electron chi connectivity index (χ1n) is 4.41. The first-order chi connectivity index (χ1) is 6.39. The fraction of sp³-hybridized carbons (Fsp3) is 0.400. The van der Waals surface area contributed by atoms with Crippen LogP contribution in [0.4, 0.5) is 0 Å². The average molecular weight is 210 g/mol. The minimum Gasteiger partial charge on any atom is -0.511 e. The summed E-state index contributed by atoms with van der Waals surface area (Å²) in [6.07, 6.45) is 0. The van der Waals surface area contributed by atoms with Crippen LogP contribution in [0.1, 0.15) is 26.3 Å². The number of benzene rings is 1. The molecule has 0 aliphatic carbocycles. The van der Waals surface area contributed by atoms with Crippen molar-refractivity contribution in [3.63, 3.8) is 0 Å². The monoisotopic (exact) mass is 210 g/mol. The zero-order chi connectivity index (χ0) is 10.8. The molecule has 0 saturated heterocycles. The summed E-state index contributed by atoms with van der Waals surface area (Å²) in [6.45, 7) is 6.33. The van der Waals surface area contributed by atoms with E-state index in [-0.39, 0.29) is 5.41 Å². The lowest BCUT2D eigenvalue weighted by Crippen LogP contribution is -2.12. The maximum absolute atomic E-state index is 10.4. The Bertz CT molecular complexity index is 324. The molecule has 1 aromatic rings. The molecular formula is C10H14O3Si. The van der Waals surface area contributed by atoms with Gasteiger partial charge in [-0.25, -0.2) is 0 Å². The highest BCUT2D eigenvalue weighted by molar-refractivity contribution is 6.25. The Morgan fingerprint density at radius 3 is 2.07 bits per heavy atom. The number of rotatable bonds is 2. The molecule has 1 N–H and O–H groups in total. The lowest BCUT2D eigenvalue weighted by atomic mass is 9.87. The second kappa shape index (κ2) is 3.92. The van der Waals surface area contributed by atoms with E-state index in [0.717, 1.165) is 0 Å². The third-order valence-electron chi connectivity index (χ3n) is 1.93. The Balaban J connectivity index is 2.84. The maximum atomic E-state index is 10.4. The van der Waals surface area contributed by atoms with Gasteiger partial charge in [-0.15, -0.1) is 0 Å². The van der Waals surface area contributed by atoms with Crippen molar-refractivity contribution < 1.29 is 13.7 Å². The van der Waals surface area contributed by atoms with Crippen LogP contribution in [-0.4, -0.2) is 14.0 Å². The number of hydrogen-bond donors (Lipinski definition) is 1. The summed E-state index contributed by atoms with van der Waals surface area (Å²) >= 11 is 0. The van der Waals surface area contributed by atoms with Gasteiger partial charge in [-0.2, -0.15) is 0 Å². The quantitative estimate of drug-likeness (QED) is 0.757. The van der Waals surface area contributed by atoms with E-state index in [2.05, 4.69) is 25.2 Å². The summed E-state index contributed by atoms with van der Waals surface area (Å²) in [5.74, 6) is 0.435. The molecule has 0 bridgehead atoms. The summed E-state index contributed by atoms with van der Waals surface area (Å²) < 4.78 is 15.1. The highest BCUT2D eigenvalue weighted by Gasteiger charge is 2.13. The molecule has 0 unspecified atom stereocenters. The Hall–Kier alpha value is -1.16. The van der Waals surface area contributed by atoms with Gasteiger partial charge in [0, 0.05) is 0 Å². The molecule has 3 nitrogen and oxygen atoms in total. The predicted octanol–water partition coefficient (Wildman–Crippen LogP) is 1.77. The number of hydrogen-bond acceptors (Lipinski definition) is 2. The molecule has 0 spiro atoms. The van der Waals surface area contributed by atoms with Gasteiger partial charge >= 0.3 is 9.17 Å². The van der Waals surface area contributed by atoms with Crippen molar-refractivity contribution >= 4 is 9.17 Å². The zero-order valence-corrected chi connectivity index (χ0v) is 9.57. The van der Waals surface area contributed by atoms with E-state index < -0.39 is 9.17 Å². The maximum Gasteiger partial charge on any atom is 0.770 e. The second-order valence-corrected chi connectivity index (χ2v) is 4.88. The van der Waals surface area contributed by atoms with Crippen molar-refractivity contribution in [2.24, 2.45) is 0 Å². The van der Waals surface area contributed by atoms with Gasteiger partial charge in [0.05, 0.1) is 0 Å². The Kier molecular flexibility index (Phi) is 3.05. The van der Waals surface area contributed by atoms with Crippen molar-refractivity contribution in [3.8, 4) is 5.75 Å². The molecule has 0 atom stereocenters. The van der Waals surface area contributed by atoms with Crippen molar-refractivity contribution in [1.82, 2.24) is 0 Å². The van der Waals surface area contributed by atoms with Crippen molar-refractivity contribution in [2.45, 2.75) is 26.2 Å². The summed E-state index contributed by atoms with van der Waals surface area (Å²) in [6, 6.07) is 7.22. The summed E-state index contributed by atoms with van der Waals surface area (Å²) in [5, 5.41) is 0. The van der Waals surface area contributed by atoms with Crippen LogP contribution in [0.25, 0.3) is 0 Å². The summed E-state index contributed by atoms with van der Waals surface area (Å²) in [5.41, 5.74) is 1.26. The van der Waals surface area contributed by atoms with Gasteiger partial charge in [-0.3, -0.25) is 4.46 Å². The van der Waals surface area contributed by atoms with Gasteiger partial charge in [0.25, 0.3) is 0 Å².